The molecule has 0 amide bonds. The summed E-state index contributed by atoms with van der Waals surface area (Å²) in [7, 11) is 0. The highest BCUT2D eigenvalue weighted by Crippen LogP contribution is 2.20. The Morgan fingerprint density at radius 2 is 2.33 bits per heavy atom. The molecule has 5 heteroatoms. The minimum Gasteiger partial charge on any atom is -0.476 e. The van der Waals surface area contributed by atoms with Crippen molar-refractivity contribution in [3.8, 4) is 0 Å². The molecular weight excluding hydrogens is 230 g/mol. The Kier molecular flexibility index (Phi) is 2.56. The zero-order valence-electron chi connectivity index (χ0n) is 10.2. The average molecular weight is 245 g/mol. The molecule has 5 nitrogen and oxygen atoms in total. The van der Waals surface area contributed by atoms with Crippen molar-refractivity contribution >= 4 is 11.5 Å². The predicted molar refractivity (Wildman–Crippen MR) is 66.8 cm³/mol. The number of nitrogens with zero attached hydrogens (tertiary/aromatic N) is 2. The van der Waals surface area contributed by atoms with Gasteiger partial charge in [0.2, 0.25) is 0 Å². The third kappa shape index (κ3) is 1.86. The molecule has 2 aromatic rings. The number of nitrogens with one attached hydrogen (secondary N) is 1. The maximum atomic E-state index is 11.2. The van der Waals surface area contributed by atoms with Gasteiger partial charge in [-0.1, -0.05) is 6.07 Å². The molecule has 2 N–H and O–H groups in total. The zero-order chi connectivity index (χ0) is 12.7. The first kappa shape index (κ1) is 11.2. The Morgan fingerprint density at radius 1 is 1.56 bits per heavy atom. The van der Waals surface area contributed by atoms with Crippen LogP contribution < -0.4 is 5.32 Å². The number of imidazole rings is 1. The standard InChI is InChI=1S/C13H15N3O2/c1-8-3-2-4-10-12(13(17)18)15-11(16(8)10)7-14-9-5-6-9/h2-4,9,14H,5-7H2,1H3,(H,17,18). The smallest absolute Gasteiger partial charge is 0.356 e. The van der Waals surface area contributed by atoms with Gasteiger partial charge in [0, 0.05) is 11.7 Å². The van der Waals surface area contributed by atoms with Crippen molar-refractivity contribution in [2.45, 2.75) is 32.4 Å². The first-order valence-corrected chi connectivity index (χ1v) is 6.10. The molecule has 2 aromatic heterocycles. The van der Waals surface area contributed by atoms with Gasteiger partial charge in [0.05, 0.1) is 12.1 Å². The van der Waals surface area contributed by atoms with Crippen LogP contribution in [-0.2, 0) is 6.54 Å². The first-order valence-electron chi connectivity index (χ1n) is 6.10. The van der Waals surface area contributed by atoms with Crippen LogP contribution in [0.3, 0.4) is 0 Å². The average Bonchev–Trinajstić information content (AvgIpc) is 3.07. The normalized spacial score (nSPS) is 15.2. The molecule has 18 heavy (non-hydrogen) atoms. The van der Waals surface area contributed by atoms with E-state index in [9.17, 15) is 9.90 Å². The molecule has 2 heterocycles. The number of fused-ring (bicyclic) bond motifs is 1. The second-order valence-electron chi connectivity index (χ2n) is 4.72. The van der Waals surface area contributed by atoms with Crippen molar-refractivity contribution in [1.29, 1.82) is 0 Å². The fraction of sp³-hybridized carbons (Fsp3) is 0.385. The number of carbonyl (C=O) groups is 1. The zero-order valence-corrected chi connectivity index (χ0v) is 10.2. The summed E-state index contributed by atoms with van der Waals surface area (Å²) in [4.78, 5) is 15.4. The molecule has 1 saturated carbocycles. The van der Waals surface area contributed by atoms with Crippen LogP contribution in [0.4, 0.5) is 0 Å². The molecule has 0 spiro atoms. The fourth-order valence-corrected chi connectivity index (χ4v) is 2.18. The van der Waals surface area contributed by atoms with Crippen molar-refractivity contribution < 1.29 is 9.90 Å². The SMILES string of the molecule is Cc1cccc2c(C(=O)O)nc(CNC3CC3)n12. The Morgan fingerprint density at radius 3 is 3.00 bits per heavy atom. The number of hydrogen-bond acceptors (Lipinski definition) is 3. The minimum absolute atomic E-state index is 0.131. The molecule has 0 aromatic carbocycles. The Labute approximate surface area is 104 Å². The molecule has 0 bridgehead atoms. The first-order chi connectivity index (χ1) is 8.66. The molecule has 3 rings (SSSR count). The van der Waals surface area contributed by atoms with Crippen molar-refractivity contribution in [2.75, 3.05) is 0 Å². The molecule has 1 aliphatic rings. The van der Waals surface area contributed by atoms with Crippen LogP contribution >= 0.6 is 0 Å². The predicted octanol–water partition coefficient (Wildman–Crippen LogP) is 1.59. The van der Waals surface area contributed by atoms with E-state index in [4.69, 9.17) is 0 Å². The van der Waals surface area contributed by atoms with Gasteiger partial charge in [-0.3, -0.25) is 4.40 Å². The number of carboxylic acids is 1. The number of aromatic carboxylic acids is 1. The maximum Gasteiger partial charge on any atom is 0.356 e. The third-order valence-corrected chi connectivity index (χ3v) is 3.26. The van der Waals surface area contributed by atoms with Gasteiger partial charge in [-0.25, -0.2) is 9.78 Å². The van der Waals surface area contributed by atoms with Gasteiger partial charge in [0.15, 0.2) is 5.69 Å². The fourth-order valence-electron chi connectivity index (χ4n) is 2.18. The highest BCUT2D eigenvalue weighted by molar-refractivity contribution is 5.93. The number of carboxylic acid groups (broad SMARTS) is 1. The van der Waals surface area contributed by atoms with Gasteiger partial charge >= 0.3 is 5.97 Å². The lowest BCUT2D eigenvalue weighted by Crippen LogP contribution is -2.17. The van der Waals surface area contributed by atoms with Gasteiger partial charge in [-0.2, -0.15) is 0 Å². The quantitative estimate of drug-likeness (QED) is 0.858. The Bertz CT molecular complexity index is 614. The molecule has 1 fully saturated rings. The maximum absolute atomic E-state index is 11.2. The van der Waals surface area contributed by atoms with Crippen LogP contribution in [0.2, 0.25) is 0 Å². The van der Waals surface area contributed by atoms with Gasteiger partial charge in [0.25, 0.3) is 0 Å². The second-order valence-corrected chi connectivity index (χ2v) is 4.72. The van der Waals surface area contributed by atoms with E-state index >= 15 is 0 Å². The summed E-state index contributed by atoms with van der Waals surface area (Å²) in [5, 5.41) is 12.5. The summed E-state index contributed by atoms with van der Waals surface area (Å²) in [5.41, 5.74) is 1.79. The van der Waals surface area contributed by atoms with E-state index in [0.717, 1.165) is 11.5 Å². The van der Waals surface area contributed by atoms with E-state index in [-0.39, 0.29) is 5.69 Å². The van der Waals surface area contributed by atoms with Gasteiger partial charge in [0.1, 0.15) is 5.82 Å². The van der Waals surface area contributed by atoms with E-state index < -0.39 is 5.97 Å². The van der Waals surface area contributed by atoms with Crippen molar-refractivity contribution in [3.05, 3.63) is 35.4 Å². The summed E-state index contributed by atoms with van der Waals surface area (Å²) >= 11 is 0. The lowest BCUT2D eigenvalue weighted by atomic mass is 10.3. The molecule has 0 saturated heterocycles. The Hall–Kier alpha value is -1.88. The third-order valence-electron chi connectivity index (χ3n) is 3.26. The van der Waals surface area contributed by atoms with Gasteiger partial charge < -0.3 is 10.4 Å². The van der Waals surface area contributed by atoms with Crippen molar-refractivity contribution in [3.63, 3.8) is 0 Å². The minimum atomic E-state index is -0.976. The molecule has 0 radical (unpaired) electrons. The number of rotatable bonds is 4. The molecule has 0 atom stereocenters. The lowest BCUT2D eigenvalue weighted by Gasteiger charge is -2.05. The highest BCUT2D eigenvalue weighted by Gasteiger charge is 2.22. The molecule has 1 aliphatic carbocycles. The van der Waals surface area contributed by atoms with Crippen LogP contribution in [0.1, 0.15) is 34.8 Å². The van der Waals surface area contributed by atoms with Gasteiger partial charge in [-0.15, -0.1) is 0 Å². The summed E-state index contributed by atoms with van der Waals surface area (Å²) in [6.07, 6.45) is 2.40. The summed E-state index contributed by atoms with van der Waals surface area (Å²) < 4.78 is 1.92. The Balaban J connectivity index is 2.08. The van der Waals surface area contributed by atoms with Crippen LogP contribution in [0, 0.1) is 6.92 Å². The largest absolute Gasteiger partial charge is 0.476 e. The topological polar surface area (TPSA) is 66.6 Å². The van der Waals surface area contributed by atoms with Crippen LogP contribution in [0.25, 0.3) is 5.52 Å². The van der Waals surface area contributed by atoms with E-state index in [1.54, 1.807) is 6.07 Å². The summed E-state index contributed by atoms with van der Waals surface area (Å²) in [6.45, 7) is 2.57. The number of aromatic nitrogens is 2. The summed E-state index contributed by atoms with van der Waals surface area (Å²) in [6, 6.07) is 6.19. The number of aryl methyl sites for hydroxylation is 1. The lowest BCUT2D eigenvalue weighted by molar-refractivity contribution is 0.0693. The molecule has 0 unspecified atom stereocenters. The van der Waals surface area contributed by atoms with E-state index in [1.165, 1.54) is 12.8 Å². The second kappa shape index (κ2) is 4.10. The van der Waals surface area contributed by atoms with E-state index in [2.05, 4.69) is 10.3 Å². The van der Waals surface area contributed by atoms with Crippen LogP contribution in [-0.4, -0.2) is 26.5 Å². The molecular formula is C13H15N3O2. The number of pyridine rings is 1. The highest BCUT2D eigenvalue weighted by atomic mass is 16.4. The van der Waals surface area contributed by atoms with Gasteiger partial charge in [-0.05, 0) is 31.9 Å². The van der Waals surface area contributed by atoms with Crippen LogP contribution in [0.5, 0.6) is 0 Å². The molecule has 0 aliphatic heterocycles. The van der Waals surface area contributed by atoms with E-state index in [0.29, 0.717) is 18.1 Å². The van der Waals surface area contributed by atoms with E-state index in [1.807, 2.05) is 23.5 Å². The van der Waals surface area contributed by atoms with Crippen molar-refractivity contribution in [2.24, 2.45) is 0 Å². The van der Waals surface area contributed by atoms with Crippen LogP contribution in [0.15, 0.2) is 18.2 Å². The number of hydrogen-bond donors (Lipinski definition) is 2. The molecule has 94 valence electrons. The monoisotopic (exact) mass is 245 g/mol. The van der Waals surface area contributed by atoms with Crippen molar-refractivity contribution in [1.82, 2.24) is 14.7 Å². The summed E-state index contributed by atoms with van der Waals surface area (Å²) in [5.74, 6) is -0.205.